The van der Waals surface area contributed by atoms with Gasteiger partial charge in [0, 0.05) is 42.3 Å². The van der Waals surface area contributed by atoms with Crippen LogP contribution in [0, 0.1) is 0 Å². The SMILES string of the molecule is CN1CCC(n2ccc3cc(OC4CCN(C5CCC5)CC4)ccc32)CC1. The summed E-state index contributed by atoms with van der Waals surface area (Å²) < 4.78 is 8.86. The lowest BCUT2D eigenvalue weighted by Gasteiger charge is -2.41. The Balaban J connectivity index is 1.23. The van der Waals surface area contributed by atoms with Crippen LogP contribution in [0.1, 0.15) is 51.0 Å². The van der Waals surface area contributed by atoms with Crippen molar-refractivity contribution in [3.8, 4) is 5.75 Å². The zero-order valence-corrected chi connectivity index (χ0v) is 16.6. The third-order valence-electron chi connectivity index (χ3n) is 7.14. The first-order chi connectivity index (χ1) is 13.3. The molecule has 146 valence electrons. The van der Waals surface area contributed by atoms with Gasteiger partial charge < -0.3 is 19.1 Å². The number of hydrogen-bond acceptors (Lipinski definition) is 3. The van der Waals surface area contributed by atoms with Gasteiger partial charge in [0.1, 0.15) is 11.9 Å². The number of likely N-dealkylation sites (tertiary alicyclic amines) is 2. The van der Waals surface area contributed by atoms with Gasteiger partial charge in [-0.2, -0.15) is 0 Å². The van der Waals surface area contributed by atoms with Crippen molar-refractivity contribution in [1.82, 2.24) is 14.4 Å². The van der Waals surface area contributed by atoms with E-state index in [1.165, 1.54) is 82.0 Å². The first kappa shape index (κ1) is 17.6. The highest BCUT2D eigenvalue weighted by Crippen LogP contribution is 2.31. The molecule has 27 heavy (non-hydrogen) atoms. The lowest BCUT2D eigenvalue weighted by atomic mass is 9.90. The molecule has 0 bridgehead atoms. The molecular formula is C23H33N3O. The van der Waals surface area contributed by atoms with Crippen LogP contribution in [0.15, 0.2) is 30.5 Å². The lowest BCUT2D eigenvalue weighted by Crippen LogP contribution is -2.46. The fourth-order valence-electron chi connectivity index (χ4n) is 5.11. The van der Waals surface area contributed by atoms with Crippen molar-refractivity contribution < 1.29 is 4.74 Å². The van der Waals surface area contributed by atoms with Gasteiger partial charge in [0.05, 0.1) is 0 Å². The van der Waals surface area contributed by atoms with Crippen LogP contribution in [-0.2, 0) is 0 Å². The molecule has 4 heteroatoms. The number of ether oxygens (including phenoxy) is 1. The van der Waals surface area contributed by atoms with Gasteiger partial charge in [-0.25, -0.2) is 0 Å². The summed E-state index contributed by atoms with van der Waals surface area (Å²) in [6.45, 7) is 4.82. The number of piperidine rings is 2. The summed E-state index contributed by atoms with van der Waals surface area (Å²) in [6, 6.07) is 10.5. The monoisotopic (exact) mass is 367 g/mol. The Morgan fingerprint density at radius 3 is 2.33 bits per heavy atom. The molecule has 2 aliphatic heterocycles. The zero-order chi connectivity index (χ0) is 18.2. The molecule has 4 nitrogen and oxygen atoms in total. The van der Waals surface area contributed by atoms with Crippen LogP contribution in [0.5, 0.6) is 5.75 Å². The van der Waals surface area contributed by atoms with Crippen LogP contribution < -0.4 is 4.74 Å². The molecule has 0 atom stereocenters. The van der Waals surface area contributed by atoms with Crippen molar-refractivity contribution in [2.24, 2.45) is 0 Å². The average Bonchev–Trinajstić information content (AvgIpc) is 3.06. The van der Waals surface area contributed by atoms with Gasteiger partial charge in [0.25, 0.3) is 0 Å². The quantitative estimate of drug-likeness (QED) is 0.804. The largest absolute Gasteiger partial charge is 0.490 e. The van der Waals surface area contributed by atoms with Crippen molar-refractivity contribution in [2.45, 2.75) is 63.1 Å². The predicted molar refractivity (Wildman–Crippen MR) is 111 cm³/mol. The summed E-state index contributed by atoms with van der Waals surface area (Å²) in [5, 5.41) is 1.32. The molecule has 2 aromatic rings. The Hall–Kier alpha value is -1.52. The molecule has 0 radical (unpaired) electrons. The molecule has 3 heterocycles. The molecular weight excluding hydrogens is 334 g/mol. The smallest absolute Gasteiger partial charge is 0.120 e. The fourth-order valence-corrected chi connectivity index (χ4v) is 5.11. The Labute approximate surface area is 163 Å². The van der Waals surface area contributed by atoms with E-state index in [2.05, 4.69) is 51.9 Å². The molecule has 0 N–H and O–H groups in total. The van der Waals surface area contributed by atoms with Crippen LogP contribution in [0.2, 0.25) is 0 Å². The Morgan fingerprint density at radius 1 is 0.852 bits per heavy atom. The maximum Gasteiger partial charge on any atom is 0.120 e. The number of rotatable bonds is 4. The molecule has 0 spiro atoms. The summed E-state index contributed by atoms with van der Waals surface area (Å²) in [5.74, 6) is 1.05. The molecule has 5 rings (SSSR count). The van der Waals surface area contributed by atoms with E-state index in [9.17, 15) is 0 Å². The fraction of sp³-hybridized carbons (Fsp3) is 0.652. The van der Waals surface area contributed by atoms with Crippen LogP contribution in [0.25, 0.3) is 10.9 Å². The molecule has 1 aliphatic carbocycles. The number of aromatic nitrogens is 1. The van der Waals surface area contributed by atoms with Crippen molar-refractivity contribution in [3.05, 3.63) is 30.5 Å². The van der Waals surface area contributed by atoms with E-state index in [0.29, 0.717) is 12.1 Å². The number of benzene rings is 1. The lowest BCUT2D eigenvalue weighted by molar-refractivity contribution is 0.0494. The number of fused-ring (bicyclic) bond motifs is 1. The molecule has 0 unspecified atom stereocenters. The Morgan fingerprint density at radius 2 is 1.63 bits per heavy atom. The summed E-state index contributed by atoms with van der Waals surface area (Å²) >= 11 is 0. The molecule has 1 aromatic heterocycles. The van der Waals surface area contributed by atoms with E-state index in [1.807, 2.05) is 0 Å². The third-order valence-corrected chi connectivity index (χ3v) is 7.14. The molecule has 3 aliphatic rings. The second-order valence-corrected chi connectivity index (χ2v) is 8.92. The average molecular weight is 368 g/mol. The highest BCUT2D eigenvalue weighted by atomic mass is 16.5. The van der Waals surface area contributed by atoms with E-state index in [4.69, 9.17) is 4.74 Å². The minimum atomic E-state index is 0.384. The van der Waals surface area contributed by atoms with Gasteiger partial charge in [-0.15, -0.1) is 0 Å². The van der Waals surface area contributed by atoms with Crippen molar-refractivity contribution >= 4 is 10.9 Å². The highest BCUT2D eigenvalue weighted by molar-refractivity contribution is 5.81. The van der Waals surface area contributed by atoms with Crippen LogP contribution in [0.4, 0.5) is 0 Å². The molecule has 3 fully saturated rings. The van der Waals surface area contributed by atoms with E-state index < -0.39 is 0 Å². The molecule has 1 saturated carbocycles. The molecule has 2 saturated heterocycles. The maximum atomic E-state index is 6.37. The minimum absolute atomic E-state index is 0.384. The van der Waals surface area contributed by atoms with E-state index in [-0.39, 0.29) is 0 Å². The third kappa shape index (κ3) is 3.62. The van der Waals surface area contributed by atoms with Gasteiger partial charge in [-0.1, -0.05) is 6.42 Å². The Kier molecular flexibility index (Phi) is 4.87. The van der Waals surface area contributed by atoms with Gasteiger partial charge in [-0.05, 0) is 82.9 Å². The number of nitrogens with zero attached hydrogens (tertiary/aromatic N) is 3. The number of hydrogen-bond donors (Lipinski definition) is 0. The second kappa shape index (κ2) is 7.48. The minimum Gasteiger partial charge on any atom is -0.490 e. The van der Waals surface area contributed by atoms with Crippen LogP contribution in [-0.4, -0.2) is 59.7 Å². The first-order valence-corrected chi connectivity index (χ1v) is 11.0. The van der Waals surface area contributed by atoms with Crippen molar-refractivity contribution in [1.29, 1.82) is 0 Å². The maximum absolute atomic E-state index is 6.37. The molecule has 0 amide bonds. The first-order valence-electron chi connectivity index (χ1n) is 11.0. The zero-order valence-electron chi connectivity index (χ0n) is 16.6. The van der Waals surface area contributed by atoms with Gasteiger partial charge in [-0.3, -0.25) is 0 Å². The Bertz CT molecular complexity index is 765. The van der Waals surface area contributed by atoms with Crippen LogP contribution in [0.3, 0.4) is 0 Å². The van der Waals surface area contributed by atoms with Gasteiger partial charge in [0.2, 0.25) is 0 Å². The van der Waals surface area contributed by atoms with E-state index in [0.717, 1.165) is 11.8 Å². The van der Waals surface area contributed by atoms with Gasteiger partial charge >= 0.3 is 0 Å². The summed E-state index contributed by atoms with van der Waals surface area (Å²) in [6.07, 6.45) is 11.8. The molecule has 1 aromatic carbocycles. The van der Waals surface area contributed by atoms with E-state index in [1.54, 1.807) is 0 Å². The highest BCUT2D eigenvalue weighted by Gasteiger charge is 2.29. The van der Waals surface area contributed by atoms with Crippen molar-refractivity contribution in [3.63, 3.8) is 0 Å². The van der Waals surface area contributed by atoms with Crippen molar-refractivity contribution in [2.75, 3.05) is 33.2 Å². The summed E-state index contributed by atoms with van der Waals surface area (Å²) in [7, 11) is 2.23. The normalized spacial score (nSPS) is 24.3. The predicted octanol–water partition coefficient (Wildman–Crippen LogP) is 4.30. The van der Waals surface area contributed by atoms with Gasteiger partial charge in [0.15, 0.2) is 0 Å². The standard InChI is InChI=1S/C23H33N3O/c1-24-12-8-20(9-13-24)26-16-7-18-17-22(5-6-23(18)26)27-21-10-14-25(15-11-21)19-3-2-4-19/h5-7,16-17,19-21H,2-4,8-15H2,1H3. The topological polar surface area (TPSA) is 20.6 Å². The van der Waals surface area contributed by atoms with E-state index >= 15 is 0 Å². The summed E-state index contributed by atoms with van der Waals surface area (Å²) in [4.78, 5) is 5.12. The second-order valence-electron chi connectivity index (χ2n) is 8.92. The summed E-state index contributed by atoms with van der Waals surface area (Å²) in [5.41, 5.74) is 1.36. The van der Waals surface area contributed by atoms with Crippen LogP contribution >= 0.6 is 0 Å².